The average Bonchev–Trinajstić information content (AvgIpc) is 2.90. The Kier molecular flexibility index (Phi) is 2.94. The van der Waals surface area contributed by atoms with E-state index in [0.29, 0.717) is 11.0 Å². The summed E-state index contributed by atoms with van der Waals surface area (Å²) in [5.74, 6) is 0.426. The molecule has 104 valence electrons. The van der Waals surface area contributed by atoms with Gasteiger partial charge in [-0.3, -0.25) is 4.57 Å². The smallest absolute Gasteiger partial charge is 0.207 e. The van der Waals surface area contributed by atoms with Gasteiger partial charge in [0.2, 0.25) is 5.95 Å². The van der Waals surface area contributed by atoms with Crippen molar-refractivity contribution in [1.82, 2.24) is 19.3 Å². The molecule has 0 bridgehead atoms. The van der Waals surface area contributed by atoms with Gasteiger partial charge in [-0.25, -0.2) is 9.67 Å². The lowest BCUT2D eigenvalue weighted by Crippen LogP contribution is -2.05. The molecule has 2 heterocycles. The van der Waals surface area contributed by atoms with Crippen LogP contribution in [0.3, 0.4) is 0 Å². The van der Waals surface area contributed by atoms with Crippen LogP contribution in [0.1, 0.15) is 18.2 Å². The summed E-state index contributed by atoms with van der Waals surface area (Å²) in [6.45, 7) is 4.07. The zero-order valence-corrected chi connectivity index (χ0v) is 12.4. The minimum absolute atomic E-state index is 0.426. The van der Waals surface area contributed by atoms with E-state index in [0.717, 1.165) is 34.5 Å². The summed E-state index contributed by atoms with van der Waals surface area (Å²) >= 11 is 6.32. The van der Waals surface area contributed by atoms with Crippen molar-refractivity contribution in [3.05, 3.63) is 34.5 Å². The van der Waals surface area contributed by atoms with E-state index >= 15 is 0 Å². The fraction of sp³-hybridized carbons (Fsp3) is 0.286. The van der Waals surface area contributed by atoms with Crippen molar-refractivity contribution in [2.24, 2.45) is 7.05 Å². The lowest BCUT2D eigenvalue weighted by Gasteiger charge is -2.10. The molecule has 0 amide bonds. The van der Waals surface area contributed by atoms with Gasteiger partial charge in [-0.15, -0.1) is 0 Å². The number of hydrogen-bond acceptors (Lipinski definition) is 3. The molecule has 0 saturated carbocycles. The molecule has 0 unspecified atom stereocenters. The SMILES string of the molecule is CCc1nn(C)c2c1nc(N)n2-c1cc(C)ccc1Cl. The molecule has 3 aromatic rings. The Balaban J connectivity index is 2.39. The van der Waals surface area contributed by atoms with Crippen molar-refractivity contribution in [3.63, 3.8) is 0 Å². The van der Waals surface area contributed by atoms with E-state index in [1.54, 1.807) is 4.68 Å². The highest BCUT2D eigenvalue weighted by Crippen LogP contribution is 2.30. The zero-order valence-electron chi connectivity index (χ0n) is 11.7. The fourth-order valence-corrected chi connectivity index (χ4v) is 2.67. The van der Waals surface area contributed by atoms with Crippen molar-refractivity contribution in [2.45, 2.75) is 20.3 Å². The minimum Gasteiger partial charge on any atom is -0.369 e. The molecule has 0 fully saturated rings. The summed E-state index contributed by atoms with van der Waals surface area (Å²) in [7, 11) is 1.89. The molecule has 5 nitrogen and oxygen atoms in total. The predicted octanol–water partition coefficient (Wildman–Crippen LogP) is 2.87. The van der Waals surface area contributed by atoms with Crippen molar-refractivity contribution >= 4 is 28.7 Å². The second-order valence-corrected chi connectivity index (χ2v) is 5.26. The maximum Gasteiger partial charge on any atom is 0.207 e. The first-order valence-corrected chi connectivity index (χ1v) is 6.87. The third kappa shape index (κ3) is 1.78. The number of aromatic nitrogens is 4. The molecule has 20 heavy (non-hydrogen) atoms. The number of imidazole rings is 1. The average molecular weight is 290 g/mol. The Labute approximate surface area is 122 Å². The fourth-order valence-electron chi connectivity index (χ4n) is 2.47. The molecule has 0 atom stereocenters. The number of aryl methyl sites for hydroxylation is 3. The summed E-state index contributed by atoms with van der Waals surface area (Å²) in [5.41, 5.74) is 10.7. The number of hydrogen-bond donors (Lipinski definition) is 1. The first-order chi connectivity index (χ1) is 9.52. The minimum atomic E-state index is 0.426. The first kappa shape index (κ1) is 13.0. The van der Waals surface area contributed by atoms with E-state index < -0.39 is 0 Å². The number of rotatable bonds is 2. The monoisotopic (exact) mass is 289 g/mol. The highest BCUT2D eigenvalue weighted by atomic mass is 35.5. The number of nitrogen functional groups attached to an aromatic ring is 1. The second kappa shape index (κ2) is 4.52. The quantitative estimate of drug-likeness (QED) is 0.789. The van der Waals surface area contributed by atoms with E-state index in [2.05, 4.69) is 17.0 Å². The van der Waals surface area contributed by atoms with Gasteiger partial charge in [-0.1, -0.05) is 24.6 Å². The van der Waals surface area contributed by atoms with Gasteiger partial charge in [0.05, 0.1) is 16.4 Å². The molecule has 0 radical (unpaired) electrons. The predicted molar refractivity (Wildman–Crippen MR) is 81.4 cm³/mol. The molecule has 0 spiro atoms. The Hall–Kier alpha value is -2.01. The van der Waals surface area contributed by atoms with Gasteiger partial charge in [-0.05, 0) is 31.0 Å². The topological polar surface area (TPSA) is 61.7 Å². The van der Waals surface area contributed by atoms with E-state index in [9.17, 15) is 0 Å². The molecule has 2 N–H and O–H groups in total. The molecule has 0 aliphatic rings. The Morgan fingerprint density at radius 3 is 2.80 bits per heavy atom. The van der Waals surface area contributed by atoms with Crippen molar-refractivity contribution in [3.8, 4) is 5.69 Å². The molecule has 0 saturated heterocycles. The summed E-state index contributed by atoms with van der Waals surface area (Å²) in [6.07, 6.45) is 0.815. The van der Waals surface area contributed by atoms with E-state index in [1.807, 2.05) is 36.7 Å². The Morgan fingerprint density at radius 1 is 1.35 bits per heavy atom. The number of nitrogens with two attached hydrogens (primary N) is 1. The second-order valence-electron chi connectivity index (χ2n) is 4.86. The molecular weight excluding hydrogens is 274 g/mol. The van der Waals surface area contributed by atoms with Crippen LogP contribution in [-0.4, -0.2) is 19.3 Å². The van der Waals surface area contributed by atoms with E-state index in [-0.39, 0.29) is 0 Å². The molecular formula is C14H16ClN5. The summed E-state index contributed by atoms with van der Waals surface area (Å²) < 4.78 is 3.66. The maximum absolute atomic E-state index is 6.32. The van der Waals surface area contributed by atoms with Crippen molar-refractivity contribution in [1.29, 1.82) is 0 Å². The van der Waals surface area contributed by atoms with Crippen LogP contribution in [0, 0.1) is 6.92 Å². The summed E-state index contributed by atoms with van der Waals surface area (Å²) in [5, 5.41) is 5.12. The normalized spacial score (nSPS) is 11.4. The molecule has 0 aliphatic carbocycles. The van der Waals surface area contributed by atoms with Crippen LogP contribution >= 0.6 is 11.6 Å². The van der Waals surface area contributed by atoms with Gasteiger partial charge in [0.25, 0.3) is 0 Å². The molecule has 0 aliphatic heterocycles. The van der Waals surface area contributed by atoms with Crippen molar-refractivity contribution in [2.75, 3.05) is 5.73 Å². The summed E-state index contributed by atoms with van der Waals surface area (Å²) in [6, 6.07) is 5.84. The Bertz CT molecular complexity index is 800. The Morgan fingerprint density at radius 2 is 2.10 bits per heavy atom. The largest absolute Gasteiger partial charge is 0.369 e. The number of anilines is 1. The lowest BCUT2D eigenvalue weighted by atomic mass is 10.2. The van der Waals surface area contributed by atoms with Crippen LogP contribution in [-0.2, 0) is 13.5 Å². The van der Waals surface area contributed by atoms with Gasteiger partial charge < -0.3 is 5.73 Å². The van der Waals surface area contributed by atoms with Crippen molar-refractivity contribution < 1.29 is 0 Å². The molecule has 6 heteroatoms. The molecule has 3 rings (SSSR count). The van der Waals surface area contributed by atoms with Gasteiger partial charge in [0.1, 0.15) is 5.52 Å². The van der Waals surface area contributed by atoms with Crippen LogP contribution in [0.5, 0.6) is 0 Å². The molecule has 1 aromatic carbocycles. The van der Waals surface area contributed by atoms with Gasteiger partial charge in [0.15, 0.2) is 5.65 Å². The lowest BCUT2D eigenvalue weighted by molar-refractivity contribution is 0.751. The van der Waals surface area contributed by atoms with Crippen LogP contribution in [0.15, 0.2) is 18.2 Å². The third-order valence-electron chi connectivity index (χ3n) is 3.41. The zero-order chi connectivity index (χ0) is 14.4. The number of nitrogens with zero attached hydrogens (tertiary/aromatic N) is 4. The van der Waals surface area contributed by atoms with Crippen LogP contribution in [0.25, 0.3) is 16.9 Å². The van der Waals surface area contributed by atoms with Crippen LogP contribution in [0.4, 0.5) is 5.95 Å². The van der Waals surface area contributed by atoms with E-state index in [4.69, 9.17) is 17.3 Å². The highest BCUT2D eigenvalue weighted by Gasteiger charge is 2.19. The molecule has 2 aromatic heterocycles. The van der Waals surface area contributed by atoms with Gasteiger partial charge in [0, 0.05) is 7.05 Å². The van der Waals surface area contributed by atoms with Gasteiger partial charge in [-0.2, -0.15) is 5.10 Å². The highest BCUT2D eigenvalue weighted by molar-refractivity contribution is 6.32. The number of halogens is 1. The van der Waals surface area contributed by atoms with Crippen LogP contribution < -0.4 is 5.73 Å². The first-order valence-electron chi connectivity index (χ1n) is 6.49. The van der Waals surface area contributed by atoms with Crippen LogP contribution in [0.2, 0.25) is 5.02 Å². The summed E-state index contributed by atoms with van der Waals surface area (Å²) in [4.78, 5) is 4.45. The standard InChI is InChI=1S/C14H16ClN5/c1-4-10-12-13(19(3)18-10)20(14(16)17-12)11-7-8(2)5-6-9(11)15/h5-7H,4H2,1-3H3,(H2,16,17). The number of fused-ring (bicyclic) bond motifs is 1. The maximum atomic E-state index is 6.32. The van der Waals surface area contributed by atoms with E-state index in [1.165, 1.54) is 0 Å². The number of benzene rings is 1. The third-order valence-corrected chi connectivity index (χ3v) is 3.73. The van der Waals surface area contributed by atoms with Gasteiger partial charge >= 0.3 is 0 Å².